The molecule has 2 nitrogen and oxygen atoms in total. The molecule has 0 saturated carbocycles. The molecule has 0 aromatic heterocycles. The van der Waals surface area contributed by atoms with E-state index in [0.717, 1.165) is 17.7 Å². The number of hydrogen-bond donors (Lipinski definition) is 0. The number of likely N-dealkylation sites (tertiary alicyclic amines) is 1. The van der Waals surface area contributed by atoms with Gasteiger partial charge >= 0.3 is 0 Å². The minimum Gasteiger partial charge on any atom is -0.289 e. The first-order chi connectivity index (χ1) is 4.72. The lowest BCUT2D eigenvalue weighted by Crippen LogP contribution is -2.32. The topological polar surface area (TPSA) is 20.3 Å². The van der Waals surface area contributed by atoms with Crippen LogP contribution in [0.5, 0.6) is 0 Å². The maximum absolute atomic E-state index is 12.3. The van der Waals surface area contributed by atoms with Gasteiger partial charge < -0.3 is 0 Å². The van der Waals surface area contributed by atoms with Gasteiger partial charge in [-0.1, -0.05) is 0 Å². The summed E-state index contributed by atoms with van der Waals surface area (Å²) >= 11 is 0. The number of amides is 1. The summed E-state index contributed by atoms with van der Waals surface area (Å²) in [6.45, 7) is 3.56. The van der Waals surface area contributed by atoms with E-state index >= 15 is 0 Å². The summed E-state index contributed by atoms with van der Waals surface area (Å²) in [5.74, 6) is -0.761. The molecule has 0 aromatic rings. The molecule has 0 spiro atoms. The third kappa shape index (κ3) is 1.35. The quantitative estimate of drug-likeness (QED) is 0.508. The third-order valence-corrected chi connectivity index (χ3v) is 1.62. The monoisotopic (exact) mass is 143 g/mol. The number of nitrogens with zero attached hydrogens (tertiary/aromatic N) is 1. The fraction of sp³-hybridized carbons (Fsp3) is 0.571. The van der Waals surface area contributed by atoms with Crippen LogP contribution in [0.1, 0.15) is 19.3 Å². The van der Waals surface area contributed by atoms with E-state index in [9.17, 15) is 9.18 Å². The Bertz CT molecular complexity index is 167. The molecule has 10 heavy (non-hydrogen) atoms. The van der Waals surface area contributed by atoms with Crippen molar-refractivity contribution in [3.8, 4) is 0 Å². The highest BCUT2D eigenvalue weighted by Gasteiger charge is 2.19. The fourth-order valence-corrected chi connectivity index (χ4v) is 1.06. The number of carbonyl (C=O) groups excluding carboxylic acids is 1. The molecule has 1 heterocycles. The largest absolute Gasteiger partial charge is 0.289 e. The lowest BCUT2D eigenvalue weighted by atomic mass is 10.1. The molecule has 0 N–H and O–H groups in total. The maximum atomic E-state index is 12.3. The van der Waals surface area contributed by atoms with E-state index in [-0.39, 0.29) is 5.91 Å². The van der Waals surface area contributed by atoms with Crippen molar-refractivity contribution >= 4 is 5.91 Å². The zero-order valence-corrected chi connectivity index (χ0v) is 5.77. The van der Waals surface area contributed by atoms with Crippen LogP contribution in [-0.4, -0.2) is 17.4 Å². The summed E-state index contributed by atoms with van der Waals surface area (Å²) in [6.07, 6.45) is 2.22. The Morgan fingerprint density at radius 2 is 2.30 bits per heavy atom. The molecule has 0 bridgehead atoms. The number of rotatable bonds is 1. The first kappa shape index (κ1) is 7.25. The first-order valence-electron chi connectivity index (χ1n) is 3.36. The number of halogens is 1. The zero-order valence-electron chi connectivity index (χ0n) is 5.77. The van der Waals surface area contributed by atoms with Crippen molar-refractivity contribution in [2.24, 2.45) is 0 Å². The zero-order chi connectivity index (χ0) is 7.56. The van der Waals surface area contributed by atoms with Crippen molar-refractivity contribution in [3.05, 3.63) is 12.5 Å². The van der Waals surface area contributed by atoms with E-state index in [1.165, 1.54) is 0 Å². The summed E-state index contributed by atoms with van der Waals surface area (Å²) in [4.78, 5) is 12.0. The second-order valence-electron chi connectivity index (χ2n) is 2.38. The lowest BCUT2D eigenvalue weighted by Gasteiger charge is -2.23. The summed E-state index contributed by atoms with van der Waals surface area (Å²) in [5.41, 5.74) is 0. The predicted molar refractivity (Wildman–Crippen MR) is 35.8 cm³/mol. The Morgan fingerprint density at radius 3 is 2.70 bits per heavy atom. The van der Waals surface area contributed by atoms with Gasteiger partial charge in [-0.15, -0.1) is 0 Å². The molecule has 56 valence electrons. The average molecular weight is 143 g/mol. The summed E-state index contributed by atoms with van der Waals surface area (Å²) in [6, 6.07) is 0. The highest BCUT2D eigenvalue weighted by molar-refractivity contribution is 5.78. The van der Waals surface area contributed by atoms with Crippen molar-refractivity contribution in [1.82, 2.24) is 4.90 Å². The van der Waals surface area contributed by atoms with Gasteiger partial charge in [-0.05, 0) is 19.4 Å². The minimum atomic E-state index is -0.621. The van der Waals surface area contributed by atoms with Gasteiger partial charge in [0.05, 0.1) is 0 Å². The highest BCUT2D eigenvalue weighted by atomic mass is 19.1. The smallest absolute Gasteiger partial charge is 0.228 e. The van der Waals surface area contributed by atoms with Crippen LogP contribution in [-0.2, 0) is 4.79 Å². The molecular weight excluding hydrogens is 133 g/mol. The van der Waals surface area contributed by atoms with E-state index < -0.39 is 5.95 Å². The van der Waals surface area contributed by atoms with Crippen LogP contribution in [0.3, 0.4) is 0 Å². The van der Waals surface area contributed by atoms with Crippen LogP contribution in [0, 0.1) is 0 Å². The van der Waals surface area contributed by atoms with Gasteiger partial charge in [0, 0.05) is 13.0 Å². The molecule has 1 aliphatic rings. The van der Waals surface area contributed by atoms with Crippen molar-refractivity contribution in [1.29, 1.82) is 0 Å². The van der Waals surface area contributed by atoms with Crippen molar-refractivity contribution in [3.63, 3.8) is 0 Å². The summed E-state index contributed by atoms with van der Waals surface area (Å²) in [5, 5.41) is 0. The van der Waals surface area contributed by atoms with Crippen molar-refractivity contribution < 1.29 is 9.18 Å². The fourth-order valence-electron chi connectivity index (χ4n) is 1.06. The molecule has 1 aliphatic heterocycles. The Hall–Kier alpha value is -0.860. The van der Waals surface area contributed by atoms with E-state index in [1.807, 2.05) is 0 Å². The molecule has 0 atom stereocenters. The first-order valence-corrected chi connectivity index (χ1v) is 3.36. The number of piperidine rings is 1. The molecule has 0 radical (unpaired) electrons. The lowest BCUT2D eigenvalue weighted by molar-refractivity contribution is -0.132. The molecule has 1 rings (SSSR count). The maximum Gasteiger partial charge on any atom is 0.228 e. The molecule has 0 unspecified atom stereocenters. The van der Waals surface area contributed by atoms with Crippen molar-refractivity contribution in [2.75, 3.05) is 6.54 Å². The van der Waals surface area contributed by atoms with E-state index in [0.29, 0.717) is 13.0 Å². The molecular formula is C7H10FNO. The van der Waals surface area contributed by atoms with Crippen LogP contribution >= 0.6 is 0 Å². The van der Waals surface area contributed by atoms with Gasteiger partial charge in [-0.25, -0.2) is 0 Å². The summed E-state index contributed by atoms with van der Waals surface area (Å²) in [7, 11) is 0. The molecule has 1 saturated heterocycles. The standard InChI is InChI=1S/C7H10FNO/c1-6(8)9-5-3-2-4-7(9)10/h1-5H2. The Kier molecular flexibility index (Phi) is 2.04. The molecule has 1 fully saturated rings. The Labute approximate surface area is 59.3 Å². The van der Waals surface area contributed by atoms with Gasteiger partial charge in [0.1, 0.15) is 0 Å². The Morgan fingerprint density at radius 1 is 1.60 bits per heavy atom. The Balaban J connectivity index is 2.56. The SMILES string of the molecule is C=C(F)N1CCCCC1=O. The molecule has 0 aliphatic carbocycles. The van der Waals surface area contributed by atoms with Gasteiger partial charge in [0.2, 0.25) is 5.91 Å². The average Bonchev–Trinajstić information content (AvgIpc) is 1.88. The third-order valence-electron chi connectivity index (χ3n) is 1.62. The van der Waals surface area contributed by atoms with E-state index in [1.54, 1.807) is 0 Å². The van der Waals surface area contributed by atoms with Crippen LogP contribution in [0.4, 0.5) is 4.39 Å². The highest BCUT2D eigenvalue weighted by Crippen LogP contribution is 2.14. The number of carbonyl (C=O) groups is 1. The number of hydrogen-bond acceptors (Lipinski definition) is 1. The van der Waals surface area contributed by atoms with Gasteiger partial charge in [0.15, 0.2) is 5.95 Å². The van der Waals surface area contributed by atoms with Gasteiger partial charge in [-0.2, -0.15) is 4.39 Å². The second-order valence-corrected chi connectivity index (χ2v) is 2.38. The van der Waals surface area contributed by atoms with Gasteiger partial charge in [-0.3, -0.25) is 9.69 Å². The van der Waals surface area contributed by atoms with Crippen LogP contribution in [0.2, 0.25) is 0 Å². The minimum absolute atomic E-state index is 0.140. The molecule has 3 heteroatoms. The van der Waals surface area contributed by atoms with Crippen LogP contribution in [0.25, 0.3) is 0 Å². The van der Waals surface area contributed by atoms with Crippen LogP contribution in [0.15, 0.2) is 12.5 Å². The van der Waals surface area contributed by atoms with E-state index in [2.05, 4.69) is 6.58 Å². The molecule has 0 aromatic carbocycles. The second kappa shape index (κ2) is 2.82. The molecule has 1 amide bonds. The van der Waals surface area contributed by atoms with Crippen molar-refractivity contribution in [2.45, 2.75) is 19.3 Å². The normalized spacial score (nSPS) is 19.3. The van der Waals surface area contributed by atoms with Crippen LogP contribution < -0.4 is 0 Å². The summed E-state index contributed by atoms with van der Waals surface area (Å²) < 4.78 is 12.3. The van der Waals surface area contributed by atoms with E-state index in [4.69, 9.17) is 0 Å². The predicted octanol–water partition coefficient (Wildman–Crippen LogP) is 1.44. The van der Waals surface area contributed by atoms with Gasteiger partial charge in [0.25, 0.3) is 0 Å².